The van der Waals surface area contributed by atoms with Crippen molar-refractivity contribution in [2.24, 2.45) is 13.0 Å². The van der Waals surface area contributed by atoms with Crippen molar-refractivity contribution in [1.82, 2.24) is 19.7 Å². The predicted molar refractivity (Wildman–Crippen MR) is 89.3 cm³/mol. The van der Waals surface area contributed by atoms with Crippen LogP contribution in [0.3, 0.4) is 0 Å². The van der Waals surface area contributed by atoms with Crippen molar-refractivity contribution in [3.8, 4) is 0 Å². The van der Waals surface area contributed by atoms with E-state index in [2.05, 4.69) is 23.8 Å². The summed E-state index contributed by atoms with van der Waals surface area (Å²) in [7, 11) is 1.91. The van der Waals surface area contributed by atoms with E-state index >= 15 is 0 Å². The van der Waals surface area contributed by atoms with Crippen molar-refractivity contribution >= 4 is 32.7 Å². The summed E-state index contributed by atoms with van der Waals surface area (Å²) in [4.78, 5) is 21.4. The van der Waals surface area contributed by atoms with Crippen molar-refractivity contribution in [2.45, 2.75) is 33.7 Å². The first-order valence-corrected chi connectivity index (χ1v) is 8.55. The number of fused-ring (bicyclic) bond motifs is 1. The Balaban J connectivity index is 1.85. The van der Waals surface area contributed by atoms with E-state index < -0.39 is 0 Å². The maximum Gasteiger partial charge on any atom is 0.245 e. The highest BCUT2D eigenvalue weighted by Crippen LogP contribution is 2.32. The fourth-order valence-corrected chi connectivity index (χ4v) is 4.15. The number of nitrogens with zero attached hydrogens (tertiary/aromatic N) is 5. The summed E-state index contributed by atoms with van der Waals surface area (Å²) in [6, 6.07) is -0.152. The quantitative estimate of drug-likeness (QED) is 0.868. The first-order chi connectivity index (χ1) is 10.4. The van der Waals surface area contributed by atoms with Crippen LogP contribution in [0.4, 0.5) is 5.13 Å². The topological polar surface area (TPSA) is 54.3 Å². The molecule has 0 radical (unpaired) electrons. The van der Waals surface area contributed by atoms with E-state index in [1.807, 2.05) is 30.5 Å². The largest absolute Gasteiger partial charge is 0.339 e. The normalized spacial score (nSPS) is 19.7. The summed E-state index contributed by atoms with van der Waals surface area (Å²) < 4.78 is 2.92. The molecule has 6 nitrogen and oxygen atoms in total. The number of piperazine rings is 1. The number of hydrogen-bond acceptors (Lipinski definition) is 5. The molecular weight excluding hydrogens is 298 g/mol. The first-order valence-electron chi connectivity index (χ1n) is 7.74. The van der Waals surface area contributed by atoms with Gasteiger partial charge in [0.25, 0.3) is 0 Å². The number of thiazole rings is 1. The second-order valence-corrected chi connectivity index (χ2v) is 7.38. The van der Waals surface area contributed by atoms with E-state index in [-0.39, 0.29) is 11.9 Å². The molecule has 0 aliphatic carbocycles. The summed E-state index contributed by atoms with van der Waals surface area (Å²) in [6.07, 6.45) is 0. The maximum absolute atomic E-state index is 12.6. The molecule has 0 bridgehead atoms. The lowest BCUT2D eigenvalue weighted by atomic mass is 10.1. The molecule has 2 aromatic heterocycles. The minimum absolute atomic E-state index is 0.152. The van der Waals surface area contributed by atoms with Gasteiger partial charge in [0.2, 0.25) is 5.91 Å². The lowest BCUT2D eigenvalue weighted by Gasteiger charge is -2.39. The Labute approximate surface area is 134 Å². The molecular formula is C15H23N5OS. The van der Waals surface area contributed by atoms with Crippen LogP contribution in [-0.2, 0) is 11.8 Å². The average Bonchev–Trinajstić information content (AvgIpc) is 2.98. The molecule has 3 rings (SSSR count). The van der Waals surface area contributed by atoms with Gasteiger partial charge in [0.15, 0.2) is 10.8 Å². The predicted octanol–water partition coefficient (Wildman–Crippen LogP) is 2.03. The Hall–Kier alpha value is -1.63. The van der Waals surface area contributed by atoms with Crippen LogP contribution in [0, 0.1) is 12.8 Å². The Morgan fingerprint density at radius 1 is 1.36 bits per heavy atom. The van der Waals surface area contributed by atoms with Crippen molar-refractivity contribution < 1.29 is 4.79 Å². The molecule has 2 aromatic rings. The highest BCUT2D eigenvalue weighted by molar-refractivity contribution is 7.22. The molecule has 1 aliphatic heterocycles. The molecule has 0 saturated carbocycles. The molecule has 0 spiro atoms. The number of hydrogen-bond donors (Lipinski definition) is 0. The Kier molecular flexibility index (Phi) is 3.84. The van der Waals surface area contributed by atoms with Crippen molar-refractivity contribution in [2.75, 3.05) is 24.5 Å². The fraction of sp³-hybridized carbons (Fsp3) is 0.667. The third kappa shape index (κ3) is 2.47. The van der Waals surface area contributed by atoms with Gasteiger partial charge in [-0.15, -0.1) is 0 Å². The second kappa shape index (κ2) is 5.53. The van der Waals surface area contributed by atoms with Crippen LogP contribution in [0.5, 0.6) is 0 Å². The third-order valence-corrected chi connectivity index (χ3v) is 5.30. The van der Waals surface area contributed by atoms with Gasteiger partial charge in [-0.3, -0.25) is 4.79 Å². The Morgan fingerprint density at radius 2 is 2.09 bits per heavy atom. The number of carbonyl (C=O) groups is 1. The SMILES string of the molecule is Cc1nn(C)c2nc(N3CCN(CC(C)C)C(=O)C3C)sc12. The van der Waals surface area contributed by atoms with Crippen LogP contribution in [0.2, 0.25) is 0 Å². The van der Waals surface area contributed by atoms with Crippen LogP contribution >= 0.6 is 11.3 Å². The monoisotopic (exact) mass is 321 g/mol. The number of amides is 1. The molecule has 0 aromatic carbocycles. The number of anilines is 1. The average molecular weight is 321 g/mol. The third-order valence-electron chi connectivity index (χ3n) is 4.11. The van der Waals surface area contributed by atoms with Crippen LogP contribution in [0.1, 0.15) is 26.5 Å². The van der Waals surface area contributed by atoms with E-state index in [9.17, 15) is 4.79 Å². The van der Waals surface area contributed by atoms with E-state index in [4.69, 9.17) is 4.98 Å². The van der Waals surface area contributed by atoms with Gasteiger partial charge >= 0.3 is 0 Å². The lowest BCUT2D eigenvalue weighted by Crippen LogP contribution is -2.56. The molecule has 1 aliphatic rings. The summed E-state index contributed by atoms with van der Waals surface area (Å²) in [5.74, 6) is 0.702. The summed E-state index contributed by atoms with van der Waals surface area (Å²) in [5.41, 5.74) is 1.90. The summed E-state index contributed by atoms with van der Waals surface area (Å²) >= 11 is 1.63. The zero-order valence-corrected chi connectivity index (χ0v) is 14.6. The van der Waals surface area contributed by atoms with E-state index in [1.54, 1.807) is 11.3 Å². The van der Waals surface area contributed by atoms with Gasteiger partial charge in [0, 0.05) is 26.7 Å². The van der Waals surface area contributed by atoms with Crippen molar-refractivity contribution in [3.63, 3.8) is 0 Å². The Morgan fingerprint density at radius 3 is 2.73 bits per heavy atom. The molecule has 3 heterocycles. The molecule has 1 fully saturated rings. The number of rotatable bonds is 3. The van der Waals surface area contributed by atoms with Gasteiger partial charge in [-0.25, -0.2) is 9.67 Å². The molecule has 1 atom stereocenters. The zero-order valence-electron chi connectivity index (χ0n) is 13.8. The van der Waals surface area contributed by atoms with Crippen LogP contribution in [-0.4, -0.2) is 51.2 Å². The zero-order chi connectivity index (χ0) is 16.0. The minimum atomic E-state index is -0.152. The molecule has 7 heteroatoms. The number of aromatic nitrogens is 3. The smallest absolute Gasteiger partial charge is 0.245 e. The van der Waals surface area contributed by atoms with Crippen LogP contribution < -0.4 is 4.90 Å². The van der Waals surface area contributed by atoms with Gasteiger partial charge in [0.05, 0.1) is 10.4 Å². The van der Waals surface area contributed by atoms with Crippen molar-refractivity contribution in [1.29, 1.82) is 0 Å². The lowest BCUT2D eigenvalue weighted by molar-refractivity contribution is -0.134. The summed E-state index contributed by atoms with van der Waals surface area (Å²) in [5, 5.41) is 5.31. The maximum atomic E-state index is 12.6. The van der Waals surface area contributed by atoms with Gasteiger partial charge in [-0.1, -0.05) is 25.2 Å². The van der Waals surface area contributed by atoms with E-state index in [0.717, 1.165) is 40.8 Å². The molecule has 22 heavy (non-hydrogen) atoms. The van der Waals surface area contributed by atoms with Gasteiger partial charge in [-0.05, 0) is 19.8 Å². The molecule has 120 valence electrons. The van der Waals surface area contributed by atoms with Crippen LogP contribution in [0.25, 0.3) is 10.3 Å². The van der Waals surface area contributed by atoms with E-state index in [0.29, 0.717) is 5.92 Å². The van der Waals surface area contributed by atoms with E-state index in [1.165, 1.54) is 0 Å². The number of carbonyl (C=O) groups excluding carboxylic acids is 1. The van der Waals surface area contributed by atoms with Gasteiger partial charge < -0.3 is 9.80 Å². The highest BCUT2D eigenvalue weighted by Gasteiger charge is 2.33. The number of aryl methyl sites for hydroxylation is 2. The second-order valence-electron chi connectivity index (χ2n) is 6.41. The molecule has 1 saturated heterocycles. The highest BCUT2D eigenvalue weighted by atomic mass is 32.1. The molecule has 1 unspecified atom stereocenters. The molecule has 1 amide bonds. The minimum Gasteiger partial charge on any atom is -0.339 e. The van der Waals surface area contributed by atoms with Crippen LogP contribution in [0.15, 0.2) is 0 Å². The standard InChI is InChI=1S/C15H23N5OS/c1-9(2)8-19-6-7-20(11(4)14(19)21)15-16-13-12(22-15)10(3)17-18(13)5/h9,11H,6-8H2,1-5H3. The van der Waals surface area contributed by atoms with Gasteiger partial charge in [0.1, 0.15) is 6.04 Å². The molecule has 0 N–H and O–H groups in total. The van der Waals surface area contributed by atoms with Crippen molar-refractivity contribution in [3.05, 3.63) is 5.69 Å². The first kappa shape index (κ1) is 15.3. The van der Waals surface area contributed by atoms with Gasteiger partial charge in [-0.2, -0.15) is 5.10 Å². The summed E-state index contributed by atoms with van der Waals surface area (Å²) in [6.45, 7) is 10.7. The Bertz CT molecular complexity index is 670. The fourth-order valence-electron chi connectivity index (χ4n) is 3.01.